The van der Waals surface area contributed by atoms with Gasteiger partial charge in [0.15, 0.2) is 0 Å². The molecule has 0 aliphatic carbocycles. The summed E-state index contributed by atoms with van der Waals surface area (Å²) in [6.07, 6.45) is 0. The third-order valence-electron chi connectivity index (χ3n) is 4.16. The van der Waals surface area contributed by atoms with Crippen molar-refractivity contribution in [3.63, 3.8) is 0 Å². The maximum absolute atomic E-state index is 12.9. The SMILES string of the molecule is COC(=O)C(=O)Nc1on[n+](N2CCN(S(=O)(=O)c3ccc(Cl)cc3Cl)CC2)c1Cl. The molecule has 0 saturated carbocycles. The number of amides is 1. The van der Waals surface area contributed by atoms with Crippen molar-refractivity contribution in [1.82, 2.24) is 9.58 Å². The van der Waals surface area contributed by atoms with Gasteiger partial charge in [-0.1, -0.05) is 23.2 Å². The van der Waals surface area contributed by atoms with E-state index in [0.29, 0.717) is 5.02 Å². The topological polar surface area (TPSA) is 126 Å². The van der Waals surface area contributed by atoms with Crippen LogP contribution in [0, 0.1) is 0 Å². The third kappa shape index (κ3) is 4.47. The highest BCUT2D eigenvalue weighted by Crippen LogP contribution is 2.28. The van der Waals surface area contributed by atoms with Crippen molar-refractivity contribution in [1.29, 1.82) is 0 Å². The second kappa shape index (κ2) is 8.94. The van der Waals surface area contributed by atoms with E-state index < -0.39 is 21.9 Å². The van der Waals surface area contributed by atoms with Crippen LogP contribution >= 0.6 is 34.8 Å². The zero-order chi connectivity index (χ0) is 22.1. The first kappa shape index (κ1) is 22.6. The minimum absolute atomic E-state index is 0.0323. The van der Waals surface area contributed by atoms with Crippen LogP contribution in [0.1, 0.15) is 0 Å². The van der Waals surface area contributed by atoms with E-state index in [1.165, 1.54) is 22.5 Å². The fraction of sp³-hybridized carbons (Fsp3) is 0.333. The number of carbonyl (C=O) groups excluding carboxylic acids is 2. The monoisotopic (exact) mass is 498 g/mol. The molecule has 0 atom stereocenters. The van der Waals surface area contributed by atoms with Crippen LogP contribution in [0.2, 0.25) is 15.2 Å². The predicted octanol–water partition coefficient (Wildman–Crippen LogP) is 0.676. The molecule has 0 spiro atoms. The lowest BCUT2D eigenvalue weighted by molar-refractivity contribution is -0.757. The first-order chi connectivity index (χ1) is 14.1. The van der Waals surface area contributed by atoms with Gasteiger partial charge in [-0.3, -0.25) is 14.6 Å². The quantitative estimate of drug-likeness (QED) is 0.370. The molecular weight excluding hydrogens is 485 g/mol. The molecule has 162 valence electrons. The van der Waals surface area contributed by atoms with Crippen LogP contribution in [0.25, 0.3) is 0 Å². The van der Waals surface area contributed by atoms with E-state index in [1.807, 2.05) is 0 Å². The number of nitrogens with zero attached hydrogens (tertiary/aromatic N) is 4. The van der Waals surface area contributed by atoms with Gasteiger partial charge in [0, 0.05) is 29.7 Å². The number of ether oxygens (including phenoxy) is 1. The van der Waals surface area contributed by atoms with Crippen molar-refractivity contribution in [2.45, 2.75) is 4.90 Å². The Morgan fingerprint density at radius 2 is 1.87 bits per heavy atom. The average Bonchev–Trinajstić information content (AvgIpc) is 3.07. The minimum atomic E-state index is -3.83. The highest BCUT2D eigenvalue weighted by Gasteiger charge is 2.37. The number of hydrogen-bond donors (Lipinski definition) is 1. The number of piperazine rings is 1. The molecule has 2 aromatic rings. The maximum atomic E-state index is 12.9. The van der Waals surface area contributed by atoms with Crippen molar-refractivity contribution in [2.24, 2.45) is 0 Å². The number of anilines is 1. The highest BCUT2D eigenvalue weighted by molar-refractivity contribution is 7.89. The molecule has 0 unspecified atom stereocenters. The van der Waals surface area contributed by atoms with Crippen LogP contribution < -0.4 is 15.1 Å². The number of benzene rings is 1. The van der Waals surface area contributed by atoms with Gasteiger partial charge in [0.25, 0.3) is 0 Å². The van der Waals surface area contributed by atoms with Crippen molar-refractivity contribution in [3.05, 3.63) is 33.4 Å². The van der Waals surface area contributed by atoms with Crippen molar-refractivity contribution < 1.29 is 32.1 Å². The number of hydrogen-bond acceptors (Lipinski definition) is 8. The van der Waals surface area contributed by atoms with E-state index >= 15 is 0 Å². The van der Waals surface area contributed by atoms with Gasteiger partial charge in [0.1, 0.15) is 4.90 Å². The summed E-state index contributed by atoms with van der Waals surface area (Å²) in [5, 5.41) is 7.70. The maximum Gasteiger partial charge on any atom is 0.400 e. The Hall–Kier alpha value is -2.12. The molecular formula is C15H15Cl3N5O6S+. The fourth-order valence-corrected chi connectivity index (χ4v) is 5.06. The van der Waals surface area contributed by atoms with Crippen LogP contribution in [0.5, 0.6) is 0 Å². The number of rotatable bonds is 4. The summed E-state index contributed by atoms with van der Waals surface area (Å²) in [6, 6.07) is 4.17. The molecule has 3 rings (SSSR count). The van der Waals surface area contributed by atoms with Crippen LogP contribution in [0.15, 0.2) is 27.6 Å². The van der Waals surface area contributed by atoms with Gasteiger partial charge in [-0.15, -0.1) is 5.01 Å². The number of aromatic nitrogens is 2. The Balaban J connectivity index is 1.70. The summed E-state index contributed by atoms with van der Waals surface area (Å²) in [5.74, 6) is -2.47. The number of halogens is 3. The lowest BCUT2D eigenvalue weighted by Gasteiger charge is -2.29. The van der Waals surface area contributed by atoms with Crippen molar-refractivity contribution in [2.75, 3.05) is 43.6 Å². The van der Waals surface area contributed by atoms with E-state index in [0.717, 1.165) is 11.9 Å². The lowest BCUT2D eigenvalue weighted by Crippen LogP contribution is -2.66. The number of esters is 1. The van der Waals surface area contributed by atoms with Crippen LogP contribution in [-0.2, 0) is 24.3 Å². The van der Waals surface area contributed by atoms with E-state index in [9.17, 15) is 18.0 Å². The number of nitrogens with one attached hydrogen (secondary N) is 1. The van der Waals surface area contributed by atoms with Gasteiger partial charge in [-0.25, -0.2) is 13.2 Å². The summed E-state index contributed by atoms with van der Waals surface area (Å²) in [5.41, 5.74) is 0. The molecule has 1 N–H and O–H groups in total. The van der Waals surface area contributed by atoms with Crippen LogP contribution in [0.3, 0.4) is 0 Å². The molecule has 30 heavy (non-hydrogen) atoms. The van der Waals surface area contributed by atoms with Gasteiger partial charge in [0.2, 0.25) is 15.3 Å². The molecule has 1 saturated heterocycles. The van der Waals surface area contributed by atoms with Gasteiger partial charge >= 0.3 is 22.9 Å². The van der Waals surface area contributed by atoms with Crippen molar-refractivity contribution >= 4 is 62.6 Å². The van der Waals surface area contributed by atoms with Crippen LogP contribution in [0.4, 0.5) is 5.88 Å². The zero-order valence-corrected chi connectivity index (χ0v) is 18.4. The molecule has 2 heterocycles. The first-order valence-electron chi connectivity index (χ1n) is 8.32. The standard InChI is InChI=1S/C15H14Cl3N5O6S/c1-28-15(25)13(24)19-14-12(18)23(20-29-14)21-4-6-22(7-5-21)30(26,27)11-3-2-9(16)8-10(11)17/h2-3,8H,4-7H2,1H3/p+1. The molecule has 1 fully saturated rings. The molecule has 15 heteroatoms. The number of sulfonamides is 1. The summed E-state index contributed by atoms with van der Waals surface area (Å²) >= 11 is 18.0. The van der Waals surface area contributed by atoms with E-state index in [4.69, 9.17) is 39.3 Å². The molecule has 1 amide bonds. The summed E-state index contributed by atoms with van der Waals surface area (Å²) < 4.78 is 36.2. The van der Waals surface area contributed by atoms with Crippen molar-refractivity contribution in [3.8, 4) is 0 Å². The smallest absolute Gasteiger partial charge is 0.400 e. The first-order valence-corrected chi connectivity index (χ1v) is 10.9. The van der Waals surface area contributed by atoms with Gasteiger partial charge < -0.3 is 4.74 Å². The molecule has 0 radical (unpaired) electrons. The largest absolute Gasteiger partial charge is 0.462 e. The predicted molar refractivity (Wildman–Crippen MR) is 106 cm³/mol. The molecule has 1 aliphatic rings. The third-order valence-corrected chi connectivity index (χ3v) is 7.10. The second-order valence-electron chi connectivity index (χ2n) is 5.96. The minimum Gasteiger partial charge on any atom is -0.462 e. The Morgan fingerprint density at radius 1 is 1.20 bits per heavy atom. The molecule has 11 nitrogen and oxygen atoms in total. The number of methoxy groups -OCH3 is 1. The zero-order valence-electron chi connectivity index (χ0n) is 15.3. The molecule has 0 bridgehead atoms. The summed E-state index contributed by atoms with van der Waals surface area (Å²) in [6.45, 7) is 0.653. The average molecular weight is 500 g/mol. The van der Waals surface area contributed by atoms with E-state index in [2.05, 4.69) is 15.3 Å². The highest BCUT2D eigenvalue weighted by atomic mass is 35.5. The second-order valence-corrected chi connectivity index (χ2v) is 9.07. The van der Waals surface area contributed by atoms with Gasteiger partial charge in [-0.05, 0) is 18.2 Å². The van der Waals surface area contributed by atoms with Gasteiger partial charge in [-0.2, -0.15) is 4.31 Å². The van der Waals surface area contributed by atoms with Crippen LogP contribution in [-0.4, -0.2) is 63.2 Å². The Bertz CT molecular complexity index is 1080. The Morgan fingerprint density at radius 3 is 2.47 bits per heavy atom. The fourth-order valence-electron chi connectivity index (χ4n) is 2.67. The summed E-state index contributed by atoms with van der Waals surface area (Å²) in [7, 11) is -2.78. The summed E-state index contributed by atoms with van der Waals surface area (Å²) in [4.78, 5) is 23.9. The molecule has 1 aliphatic heterocycles. The molecule has 1 aromatic heterocycles. The number of carbonyl (C=O) groups is 2. The lowest BCUT2D eigenvalue weighted by atomic mass is 10.4. The Labute approximate surface area is 186 Å². The van der Waals surface area contributed by atoms with E-state index in [-0.39, 0.29) is 47.1 Å². The molecule has 1 aromatic carbocycles. The van der Waals surface area contributed by atoms with E-state index in [1.54, 1.807) is 5.01 Å². The normalized spacial score (nSPS) is 15.1. The Kier molecular flexibility index (Phi) is 6.72. The van der Waals surface area contributed by atoms with Gasteiger partial charge in [0.05, 0.1) is 30.0 Å².